The molecule has 2 aromatic carbocycles. The molecular formula is C17H20N2O3S. The fourth-order valence-electron chi connectivity index (χ4n) is 2.64. The summed E-state index contributed by atoms with van der Waals surface area (Å²) < 4.78 is 33.0. The Kier molecular flexibility index (Phi) is 4.83. The van der Waals surface area contributed by atoms with Crippen LogP contribution in [-0.2, 0) is 20.5 Å². The van der Waals surface area contributed by atoms with Gasteiger partial charge in [-0.2, -0.15) is 0 Å². The van der Waals surface area contributed by atoms with Crippen LogP contribution in [-0.4, -0.2) is 34.7 Å². The number of hydrogen-bond donors (Lipinski definition) is 1. The highest BCUT2D eigenvalue weighted by atomic mass is 32.2. The molecule has 0 amide bonds. The monoisotopic (exact) mass is 332 g/mol. The average molecular weight is 332 g/mol. The van der Waals surface area contributed by atoms with Gasteiger partial charge < -0.3 is 9.64 Å². The van der Waals surface area contributed by atoms with Crippen LogP contribution in [0.5, 0.6) is 0 Å². The van der Waals surface area contributed by atoms with E-state index in [2.05, 4.69) is 9.62 Å². The van der Waals surface area contributed by atoms with Crippen molar-refractivity contribution in [2.24, 2.45) is 0 Å². The fraction of sp³-hybridized carbons (Fsp3) is 0.294. The van der Waals surface area contributed by atoms with Gasteiger partial charge in [-0.25, -0.2) is 8.42 Å². The maximum absolute atomic E-state index is 12.5. The summed E-state index contributed by atoms with van der Waals surface area (Å²) in [6.45, 7) is 2.84. The van der Waals surface area contributed by atoms with E-state index >= 15 is 0 Å². The zero-order chi connectivity index (χ0) is 16.1. The summed E-state index contributed by atoms with van der Waals surface area (Å²) in [5, 5.41) is 0. The summed E-state index contributed by atoms with van der Waals surface area (Å²) in [5.41, 5.74) is 2.28. The Balaban J connectivity index is 1.79. The van der Waals surface area contributed by atoms with Crippen molar-refractivity contribution in [3.63, 3.8) is 0 Å². The van der Waals surface area contributed by atoms with Gasteiger partial charge in [0.15, 0.2) is 0 Å². The summed E-state index contributed by atoms with van der Waals surface area (Å²) in [5.74, 6) is -0.0364. The van der Waals surface area contributed by atoms with Crippen LogP contribution in [0.2, 0.25) is 0 Å². The summed E-state index contributed by atoms with van der Waals surface area (Å²) >= 11 is 0. The Hall–Kier alpha value is -2.05. The van der Waals surface area contributed by atoms with E-state index in [4.69, 9.17) is 4.74 Å². The predicted molar refractivity (Wildman–Crippen MR) is 92.2 cm³/mol. The minimum atomic E-state index is -3.46. The van der Waals surface area contributed by atoms with Crippen LogP contribution in [0.1, 0.15) is 5.56 Å². The van der Waals surface area contributed by atoms with Gasteiger partial charge in [0.25, 0.3) is 0 Å². The molecule has 1 saturated heterocycles. The first-order valence-electron chi connectivity index (χ1n) is 7.60. The number of sulfonamides is 1. The maximum Gasteiger partial charge on any atom is 0.236 e. The lowest BCUT2D eigenvalue weighted by Crippen LogP contribution is -2.36. The van der Waals surface area contributed by atoms with Crippen molar-refractivity contribution < 1.29 is 13.2 Å². The molecule has 0 spiro atoms. The smallest absolute Gasteiger partial charge is 0.236 e. The number of anilines is 2. The van der Waals surface area contributed by atoms with Gasteiger partial charge in [-0.15, -0.1) is 0 Å². The van der Waals surface area contributed by atoms with E-state index in [9.17, 15) is 8.42 Å². The molecule has 3 rings (SSSR count). The number of benzene rings is 2. The van der Waals surface area contributed by atoms with E-state index in [1.165, 1.54) is 0 Å². The molecule has 2 aromatic rings. The molecule has 0 aromatic heterocycles. The van der Waals surface area contributed by atoms with E-state index in [-0.39, 0.29) is 5.75 Å². The van der Waals surface area contributed by atoms with Crippen molar-refractivity contribution in [2.45, 2.75) is 5.75 Å². The molecular weight excluding hydrogens is 312 g/mol. The van der Waals surface area contributed by atoms with Crippen LogP contribution in [0.4, 0.5) is 11.4 Å². The van der Waals surface area contributed by atoms with E-state index in [1.807, 2.05) is 48.5 Å². The van der Waals surface area contributed by atoms with Crippen molar-refractivity contribution in [2.75, 3.05) is 35.9 Å². The van der Waals surface area contributed by atoms with Gasteiger partial charge >= 0.3 is 0 Å². The predicted octanol–water partition coefficient (Wildman–Crippen LogP) is 2.47. The summed E-state index contributed by atoms with van der Waals surface area (Å²) in [6, 6.07) is 16.7. The quantitative estimate of drug-likeness (QED) is 0.914. The average Bonchev–Trinajstić information content (AvgIpc) is 2.56. The molecule has 1 aliphatic heterocycles. The Labute approximate surface area is 136 Å². The topological polar surface area (TPSA) is 58.6 Å². The Morgan fingerprint density at radius 3 is 2.35 bits per heavy atom. The standard InChI is InChI=1S/C17H20N2O3S/c20-23(21,14-15-6-2-1-3-7-15)18-16-8-4-5-9-17(16)19-10-12-22-13-11-19/h1-9,18H,10-14H2. The molecule has 0 bridgehead atoms. The van der Waals surface area contributed by atoms with E-state index in [0.29, 0.717) is 18.9 Å². The number of hydrogen-bond acceptors (Lipinski definition) is 4. The van der Waals surface area contributed by atoms with Crippen LogP contribution in [0.25, 0.3) is 0 Å². The van der Waals surface area contributed by atoms with Crippen molar-refractivity contribution in [3.8, 4) is 0 Å². The number of nitrogens with zero attached hydrogens (tertiary/aromatic N) is 1. The third kappa shape index (κ3) is 4.24. The zero-order valence-electron chi connectivity index (χ0n) is 12.8. The Bertz CT molecular complexity index is 741. The molecule has 1 fully saturated rings. The van der Waals surface area contributed by atoms with Gasteiger partial charge in [0, 0.05) is 13.1 Å². The number of para-hydroxylation sites is 2. The summed E-state index contributed by atoms with van der Waals surface area (Å²) in [6.07, 6.45) is 0. The number of rotatable bonds is 5. The molecule has 0 radical (unpaired) electrons. The molecule has 1 N–H and O–H groups in total. The Morgan fingerprint density at radius 2 is 1.61 bits per heavy atom. The molecule has 122 valence electrons. The van der Waals surface area contributed by atoms with Crippen molar-refractivity contribution in [1.29, 1.82) is 0 Å². The minimum absolute atomic E-state index is 0.0364. The molecule has 6 heteroatoms. The lowest BCUT2D eigenvalue weighted by atomic mass is 10.2. The highest BCUT2D eigenvalue weighted by Crippen LogP contribution is 2.27. The summed E-state index contributed by atoms with van der Waals surface area (Å²) in [7, 11) is -3.46. The maximum atomic E-state index is 12.5. The van der Waals surface area contributed by atoms with Gasteiger partial charge in [-0.05, 0) is 17.7 Å². The van der Waals surface area contributed by atoms with Crippen molar-refractivity contribution >= 4 is 21.4 Å². The van der Waals surface area contributed by atoms with E-state index in [1.54, 1.807) is 6.07 Å². The lowest BCUT2D eigenvalue weighted by molar-refractivity contribution is 0.123. The minimum Gasteiger partial charge on any atom is -0.378 e. The second-order valence-electron chi connectivity index (χ2n) is 5.46. The first-order valence-corrected chi connectivity index (χ1v) is 9.25. The molecule has 1 heterocycles. The van der Waals surface area contributed by atoms with Crippen LogP contribution >= 0.6 is 0 Å². The molecule has 23 heavy (non-hydrogen) atoms. The second-order valence-corrected chi connectivity index (χ2v) is 7.19. The number of ether oxygens (including phenoxy) is 1. The highest BCUT2D eigenvalue weighted by Gasteiger charge is 2.18. The van der Waals surface area contributed by atoms with Gasteiger partial charge in [-0.3, -0.25) is 4.72 Å². The highest BCUT2D eigenvalue weighted by molar-refractivity contribution is 7.91. The van der Waals surface area contributed by atoms with Crippen molar-refractivity contribution in [1.82, 2.24) is 0 Å². The molecule has 0 unspecified atom stereocenters. The lowest BCUT2D eigenvalue weighted by Gasteiger charge is -2.30. The zero-order valence-corrected chi connectivity index (χ0v) is 13.6. The summed E-state index contributed by atoms with van der Waals surface area (Å²) in [4.78, 5) is 2.14. The van der Waals surface area contributed by atoms with Crippen LogP contribution < -0.4 is 9.62 Å². The SMILES string of the molecule is O=S(=O)(Cc1ccccc1)Nc1ccccc1N1CCOCC1. The Morgan fingerprint density at radius 1 is 0.957 bits per heavy atom. The van der Waals surface area contributed by atoms with Crippen LogP contribution in [0, 0.1) is 0 Å². The van der Waals surface area contributed by atoms with Crippen LogP contribution in [0.3, 0.4) is 0 Å². The molecule has 0 saturated carbocycles. The third-order valence-electron chi connectivity index (χ3n) is 3.72. The fourth-order valence-corrected chi connectivity index (χ4v) is 3.85. The van der Waals surface area contributed by atoms with Gasteiger partial charge in [0.1, 0.15) is 0 Å². The number of nitrogens with one attached hydrogen (secondary N) is 1. The largest absolute Gasteiger partial charge is 0.378 e. The van der Waals surface area contributed by atoms with E-state index < -0.39 is 10.0 Å². The second kappa shape index (κ2) is 7.02. The third-order valence-corrected chi connectivity index (χ3v) is 4.97. The van der Waals surface area contributed by atoms with Gasteiger partial charge in [0.05, 0.1) is 30.3 Å². The molecule has 5 nitrogen and oxygen atoms in total. The van der Waals surface area contributed by atoms with Crippen LogP contribution in [0.15, 0.2) is 54.6 Å². The van der Waals surface area contributed by atoms with Gasteiger partial charge in [0.2, 0.25) is 10.0 Å². The van der Waals surface area contributed by atoms with E-state index in [0.717, 1.165) is 24.3 Å². The van der Waals surface area contributed by atoms with Gasteiger partial charge in [-0.1, -0.05) is 42.5 Å². The first kappa shape index (κ1) is 15.8. The number of morpholine rings is 1. The molecule has 0 aliphatic carbocycles. The molecule has 0 atom stereocenters. The first-order chi connectivity index (χ1) is 11.1. The normalized spacial score (nSPS) is 15.4. The van der Waals surface area contributed by atoms with Crippen molar-refractivity contribution in [3.05, 3.63) is 60.2 Å². The molecule has 1 aliphatic rings.